The Hall–Kier alpha value is -0.800. The number of halogens is 1. The quantitative estimate of drug-likeness (QED) is 0.552. The van der Waals surface area contributed by atoms with Gasteiger partial charge in [-0.2, -0.15) is 0 Å². The van der Waals surface area contributed by atoms with E-state index in [4.69, 9.17) is 4.74 Å². The number of methoxy groups -OCH3 is 1. The Labute approximate surface area is 109 Å². The fourth-order valence-corrected chi connectivity index (χ4v) is 1.75. The fourth-order valence-electron chi connectivity index (χ4n) is 1.75. The van der Waals surface area contributed by atoms with E-state index < -0.39 is 0 Å². The summed E-state index contributed by atoms with van der Waals surface area (Å²) in [5.74, 6) is 0.903. The standard InChI is InChI=1S/C13H20NO.BrH/c1-11(2)10-14(3,4)12-7-6-8-13(9-12)15-5;/h6-9H,1,10H2,2-5H3;1H/q+1;/p-1. The van der Waals surface area contributed by atoms with E-state index in [1.165, 1.54) is 11.3 Å². The van der Waals surface area contributed by atoms with Gasteiger partial charge in [0.2, 0.25) is 0 Å². The molecule has 0 aromatic heterocycles. The highest BCUT2D eigenvalue weighted by atomic mass is 79.9. The van der Waals surface area contributed by atoms with Crippen molar-refractivity contribution >= 4 is 5.69 Å². The van der Waals surface area contributed by atoms with Crippen molar-refractivity contribution in [2.45, 2.75) is 6.92 Å². The largest absolute Gasteiger partial charge is 1.00 e. The SMILES string of the molecule is C=C(C)C[N+](C)(C)c1cccc(OC)c1.[Br-]. The molecule has 1 aromatic rings. The predicted octanol–water partition coefficient (Wildman–Crippen LogP) is -0.158. The van der Waals surface area contributed by atoms with Crippen LogP contribution in [0.5, 0.6) is 5.75 Å². The molecule has 0 N–H and O–H groups in total. The van der Waals surface area contributed by atoms with Crippen molar-refractivity contribution in [1.29, 1.82) is 0 Å². The van der Waals surface area contributed by atoms with Gasteiger partial charge in [-0.05, 0) is 24.6 Å². The molecule has 0 bridgehead atoms. The topological polar surface area (TPSA) is 9.23 Å². The van der Waals surface area contributed by atoms with Crippen LogP contribution in [-0.4, -0.2) is 27.7 Å². The maximum absolute atomic E-state index is 5.22. The number of quaternary nitrogens is 1. The highest BCUT2D eigenvalue weighted by Crippen LogP contribution is 2.24. The van der Waals surface area contributed by atoms with E-state index in [0.29, 0.717) is 0 Å². The van der Waals surface area contributed by atoms with E-state index >= 15 is 0 Å². The lowest BCUT2D eigenvalue weighted by atomic mass is 10.2. The molecule has 0 aliphatic heterocycles. The number of hydrogen-bond donors (Lipinski definition) is 0. The third-order valence-electron chi connectivity index (χ3n) is 2.42. The van der Waals surface area contributed by atoms with Gasteiger partial charge in [0.1, 0.15) is 18.0 Å². The Bertz CT molecular complexity index is 361. The van der Waals surface area contributed by atoms with Gasteiger partial charge in [-0.1, -0.05) is 12.6 Å². The fraction of sp³-hybridized carbons (Fsp3) is 0.385. The van der Waals surface area contributed by atoms with Crippen LogP contribution < -0.4 is 26.2 Å². The number of rotatable bonds is 4. The number of likely N-dealkylation sites (N-methyl/N-ethyl adjacent to an activating group) is 1. The number of ether oxygens (including phenoxy) is 1. The zero-order chi connectivity index (χ0) is 11.5. The summed E-state index contributed by atoms with van der Waals surface area (Å²) < 4.78 is 6.02. The van der Waals surface area contributed by atoms with Crippen LogP contribution in [0.4, 0.5) is 5.69 Å². The molecule has 0 heterocycles. The summed E-state index contributed by atoms with van der Waals surface area (Å²) in [4.78, 5) is 0. The average molecular weight is 286 g/mol. The summed E-state index contributed by atoms with van der Waals surface area (Å²) in [6.45, 7) is 6.95. The molecule has 90 valence electrons. The van der Waals surface area contributed by atoms with Crippen molar-refractivity contribution in [3.63, 3.8) is 0 Å². The molecule has 0 saturated carbocycles. The van der Waals surface area contributed by atoms with Crippen LogP contribution in [0.25, 0.3) is 0 Å². The van der Waals surface area contributed by atoms with Crippen LogP contribution in [0.3, 0.4) is 0 Å². The Morgan fingerprint density at radius 2 is 2.00 bits per heavy atom. The lowest BCUT2D eigenvalue weighted by Crippen LogP contribution is -3.00. The van der Waals surface area contributed by atoms with Gasteiger partial charge in [0.05, 0.1) is 21.2 Å². The minimum absolute atomic E-state index is 0. The second kappa shape index (κ2) is 6.06. The molecule has 0 unspecified atom stereocenters. The molecule has 0 aliphatic carbocycles. The first-order chi connectivity index (χ1) is 6.95. The summed E-state index contributed by atoms with van der Waals surface area (Å²) in [5.41, 5.74) is 2.42. The highest BCUT2D eigenvalue weighted by Gasteiger charge is 2.19. The number of hydrogen-bond acceptors (Lipinski definition) is 1. The Balaban J connectivity index is 0.00000225. The monoisotopic (exact) mass is 285 g/mol. The van der Waals surface area contributed by atoms with Gasteiger partial charge in [-0.25, -0.2) is 0 Å². The van der Waals surface area contributed by atoms with Crippen molar-refractivity contribution in [3.05, 3.63) is 36.4 Å². The third-order valence-corrected chi connectivity index (χ3v) is 2.42. The van der Waals surface area contributed by atoms with Crippen molar-refractivity contribution in [3.8, 4) is 5.75 Å². The van der Waals surface area contributed by atoms with E-state index in [1.54, 1.807) is 7.11 Å². The van der Waals surface area contributed by atoms with E-state index in [9.17, 15) is 0 Å². The molecular formula is C13H20BrNO. The van der Waals surface area contributed by atoms with E-state index in [2.05, 4.69) is 39.7 Å². The lowest BCUT2D eigenvalue weighted by molar-refractivity contribution is -0.00000378. The van der Waals surface area contributed by atoms with Crippen molar-refractivity contribution < 1.29 is 21.7 Å². The second-order valence-corrected chi connectivity index (χ2v) is 4.50. The minimum atomic E-state index is 0. The zero-order valence-corrected chi connectivity index (χ0v) is 12.0. The van der Waals surface area contributed by atoms with Crippen LogP contribution in [0.2, 0.25) is 0 Å². The maximum Gasteiger partial charge on any atom is 0.136 e. The molecular weight excluding hydrogens is 266 g/mol. The molecule has 1 aromatic carbocycles. The molecule has 0 atom stereocenters. The molecule has 0 radical (unpaired) electrons. The molecule has 16 heavy (non-hydrogen) atoms. The normalized spacial score (nSPS) is 10.5. The van der Waals surface area contributed by atoms with Crippen molar-refractivity contribution in [2.24, 2.45) is 0 Å². The highest BCUT2D eigenvalue weighted by molar-refractivity contribution is 5.47. The van der Waals surface area contributed by atoms with Crippen LogP contribution in [-0.2, 0) is 0 Å². The Morgan fingerprint density at radius 1 is 1.38 bits per heavy atom. The second-order valence-electron chi connectivity index (χ2n) is 4.50. The third kappa shape index (κ3) is 3.99. The van der Waals surface area contributed by atoms with Gasteiger partial charge in [-0.15, -0.1) is 0 Å². The number of nitrogens with zero attached hydrogens (tertiary/aromatic N) is 1. The van der Waals surface area contributed by atoms with Crippen LogP contribution in [0, 0.1) is 0 Å². The molecule has 0 aliphatic rings. The van der Waals surface area contributed by atoms with Gasteiger partial charge < -0.3 is 21.7 Å². The first-order valence-electron chi connectivity index (χ1n) is 5.08. The summed E-state index contributed by atoms with van der Waals surface area (Å²) in [6, 6.07) is 8.17. The molecule has 2 nitrogen and oxygen atoms in total. The van der Waals surface area contributed by atoms with E-state index in [0.717, 1.165) is 16.8 Å². The first kappa shape index (κ1) is 15.2. The molecule has 0 saturated heterocycles. The Kier molecular flexibility index (Phi) is 5.76. The summed E-state index contributed by atoms with van der Waals surface area (Å²) in [6.07, 6.45) is 0. The first-order valence-corrected chi connectivity index (χ1v) is 5.08. The van der Waals surface area contributed by atoms with Gasteiger partial charge in [0.25, 0.3) is 0 Å². The maximum atomic E-state index is 5.22. The molecule has 0 spiro atoms. The van der Waals surface area contributed by atoms with Gasteiger partial charge in [0.15, 0.2) is 0 Å². The zero-order valence-electron chi connectivity index (χ0n) is 10.5. The number of benzene rings is 1. The Morgan fingerprint density at radius 3 is 2.50 bits per heavy atom. The smallest absolute Gasteiger partial charge is 0.136 e. The van der Waals surface area contributed by atoms with Crippen molar-refractivity contribution in [2.75, 3.05) is 27.7 Å². The summed E-state index contributed by atoms with van der Waals surface area (Å²) >= 11 is 0. The molecule has 0 fully saturated rings. The lowest BCUT2D eigenvalue weighted by Gasteiger charge is -2.29. The van der Waals surface area contributed by atoms with Crippen LogP contribution in [0.1, 0.15) is 6.92 Å². The van der Waals surface area contributed by atoms with E-state index in [-0.39, 0.29) is 17.0 Å². The summed E-state index contributed by atoms with van der Waals surface area (Å²) in [5, 5.41) is 0. The summed E-state index contributed by atoms with van der Waals surface area (Å²) in [7, 11) is 6.03. The van der Waals surface area contributed by atoms with Crippen LogP contribution in [0.15, 0.2) is 36.4 Å². The average Bonchev–Trinajstić information content (AvgIpc) is 2.16. The van der Waals surface area contributed by atoms with Crippen LogP contribution >= 0.6 is 0 Å². The molecule has 0 amide bonds. The van der Waals surface area contributed by atoms with Gasteiger partial charge >= 0.3 is 0 Å². The van der Waals surface area contributed by atoms with Gasteiger partial charge in [-0.3, -0.25) is 4.48 Å². The van der Waals surface area contributed by atoms with E-state index in [1.807, 2.05) is 12.1 Å². The predicted molar refractivity (Wildman–Crippen MR) is 66.3 cm³/mol. The minimum Gasteiger partial charge on any atom is -1.00 e. The van der Waals surface area contributed by atoms with Gasteiger partial charge in [0, 0.05) is 6.07 Å². The molecule has 1 rings (SSSR count). The molecule has 3 heteroatoms. The van der Waals surface area contributed by atoms with Crippen molar-refractivity contribution in [1.82, 2.24) is 4.48 Å².